The fourth-order valence-corrected chi connectivity index (χ4v) is 0. The van der Waals surface area contributed by atoms with Crippen LogP contribution in [0.1, 0.15) is 1.43 Å². The van der Waals surface area contributed by atoms with Crippen LogP contribution in [0, 0.1) is 38.2 Å². The van der Waals surface area contributed by atoms with E-state index < -0.39 is 7.82 Å². The first-order valence-electron chi connectivity index (χ1n) is 0.783. The van der Waals surface area contributed by atoms with Crippen molar-refractivity contribution in [2.45, 2.75) is 0 Å². The third kappa shape index (κ3) is 60.2. The van der Waals surface area contributed by atoms with E-state index >= 15 is 0 Å². The Morgan fingerprint density at radius 2 is 1.29 bits per heavy atom. The van der Waals surface area contributed by atoms with Crippen LogP contribution in [0.5, 0.6) is 0 Å². The monoisotopic (exact) mass is 286 g/mol. The van der Waals surface area contributed by atoms with Crippen molar-refractivity contribution in [3.8, 4) is 0 Å². The molecular weight excluding hydrogens is 280 g/mol. The van der Waals surface area contributed by atoms with Crippen molar-refractivity contribution in [2.24, 2.45) is 0 Å². The van der Waals surface area contributed by atoms with Crippen molar-refractivity contribution in [1.29, 1.82) is 0 Å². The molecule has 0 aliphatic heterocycles. The van der Waals surface area contributed by atoms with Gasteiger partial charge in [0, 0.05) is 38.2 Å². The van der Waals surface area contributed by atoms with Gasteiger partial charge >= 0.3 is 37.4 Å². The molecule has 0 aliphatic carbocycles. The first-order valence-corrected chi connectivity index (χ1v) is 2.35. The summed E-state index contributed by atoms with van der Waals surface area (Å²) in [5.41, 5.74) is 0. The van der Waals surface area contributed by atoms with E-state index in [1.807, 2.05) is 0 Å². The van der Waals surface area contributed by atoms with Crippen molar-refractivity contribution in [1.82, 2.24) is 0 Å². The van der Waals surface area contributed by atoms with Gasteiger partial charge < -0.3 is 16.1 Å². The van der Waals surface area contributed by atoms with Crippen molar-refractivity contribution >= 4 is 7.82 Å². The summed E-state index contributed by atoms with van der Waals surface area (Å²) >= 11 is 0. The van der Waals surface area contributed by atoms with Crippen LogP contribution in [0.2, 0.25) is 0 Å². The number of phosphoric acid groups is 1. The third-order valence-corrected chi connectivity index (χ3v) is 0. The Bertz CT molecular complexity index is 62.2. The molecule has 3 N–H and O–H groups in total. The molecule has 0 aromatic carbocycles. The Kier molecular flexibility index (Phi) is 15.0. The fraction of sp³-hybridized carbons (Fsp3) is 0. The predicted octanol–water partition coefficient (Wildman–Crippen LogP) is -3.81. The first-order chi connectivity index (χ1) is 2.00. The average Bonchev–Trinajstić information content (AvgIpc) is 0.722. The van der Waals surface area contributed by atoms with Gasteiger partial charge in [0.1, 0.15) is 0 Å². The summed E-state index contributed by atoms with van der Waals surface area (Å²) in [6.07, 6.45) is 0. The van der Waals surface area contributed by atoms with Crippen molar-refractivity contribution < 1.29 is 88.4 Å². The average molecular weight is 284 g/mol. The molecule has 0 saturated heterocycles. The number of hydrogen-bond acceptors (Lipinski definition) is 1. The Morgan fingerprint density at radius 3 is 1.29 bits per heavy atom. The van der Waals surface area contributed by atoms with E-state index in [-0.39, 0.29) is 69.2 Å². The molecule has 4 nitrogen and oxygen atoms in total. The second-order valence-electron chi connectivity index (χ2n) is 0.513. The van der Waals surface area contributed by atoms with Gasteiger partial charge in [0.25, 0.3) is 0 Å². The predicted molar refractivity (Wildman–Crippen MR) is 15.4 cm³/mol. The molecular formula is H4DyNaO4P. The van der Waals surface area contributed by atoms with Gasteiger partial charge in [0.05, 0.1) is 0 Å². The van der Waals surface area contributed by atoms with Crippen LogP contribution in [-0.4, -0.2) is 14.7 Å². The molecule has 0 spiro atoms. The smallest absolute Gasteiger partial charge is 1.00 e. The Morgan fingerprint density at radius 1 is 1.29 bits per heavy atom. The number of hydrogen-bond donors (Lipinski definition) is 3. The maximum Gasteiger partial charge on any atom is 1.00 e. The molecule has 7 heteroatoms. The van der Waals surface area contributed by atoms with E-state index in [0.29, 0.717) is 0 Å². The first kappa shape index (κ1) is 16.2. The molecule has 0 heterocycles. The zero-order chi connectivity index (χ0) is 4.50. The molecule has 0 aliphatic rings. The molecule has 0 unspecified atom stereocenters. The summed E-state index contributed by atoms with van der Waals surface area (Å²) in [5.74, 6) is 0. The third-order valence-electron chi connectivity index (χ3n) is 0. The van der Waals surface area contributed by atoms with E-state index in [0.717, 1.165) is 0 Å². The number of rotatable bonds is 0. The summed E-state index contributed by atoms with van der Waals surface area (Å²) in [4.78, 5) is 21.6. The summed E-state index contributed by atoms with van der Waals surface area (Å²) in [6, 6.07) is 0. The molecule has 0 aromatic heterocycles. The van der Waals surface area contributed by atoms with Gasteiger partial charge in [-0.2, -0.15) is 0 Å². The molecule has 0 amide bonds. The molecule has 0 rings (SSSR count). The van der Waals surface area contributed by atoms with Crippen LogP contribution < -0.4 is 29.6 Å². The Hall–Kier alpha value is 2.38. The Labute approximate surface area is 94.7 Å². The minimum absolute atomic E-state index is 0. The minimum atomic E-state index is -4.64. The second-order valence-corrected chi connectivity index (χ2v) is 1.54. The van der Waals surface area contributed by atoms with Crippen LogP contribution in [0.15, 0.2) is 0 Å². The SMILES string of the molecule is O=P(O)(O)O.[Dy].[H-].[Na+]. The van der Waals surface area contributed by atoms with E-state index in [2.05, 4.69) is 0 Å². The summed E-state index contributed by atoms with van der Waals surface area (Å²) in [7, 11) is -4.64. The van der Waals surface area contributed by atoms with E-state index in [4.69, 9.17) is 19.2 Å². The largest absolute Gasteiger partial charge is 1.00 e. The zero-order valence-electron chi connectivity index (χ0n) is 4.51. The van der Waals surface area contributed by atoms with Crippen LogP contribution >= 0.6 is 7.82 Å². The van der Waals surface area contributed by atoms with Gasteiger partial charge in [-0.15, -0.1) is 0 Å². The van der Waals surface area contributed by atoms with Gasteiger partial charge in [0.2, 0.25) is 0 Å². The standard InChI is InChI=1S/Dy.Na.H3O4P.H/c;;1-5(2,3)4;/h;;(H3,1,2,3,4);/q;+1;;-1. The molecule has 0 radical (unpaired) electrons. The van der Waals surface area contributed by atoms with Gasteiger partial charge in [-0.05, 0) is 0 Å². The van der Waals surface area contributed by atoms with Crippen LogP contribution in [0.25, 0.3) is 0 Å². The second kappa shape index (κ2) is 6.50. The summed E-state index contributed by atoms with van der Waals surface area (Å²) in [6.45, 7) is 0. The Balaban J connectivity index is -0.0000000267. The van der Waals surface area contributed by atoms with Gasteiger partial charge in [-0.25, -0.2) is 4.57 Å². The summed E-state index contributed by atoms with van der Waals surface area (Å²) < 4.78 is 8.88. The fourth-order valence-electron chi connectivity index (χ4n) is 0. The summed E-state index contributed by atoms with van der Waals surface area (Å²) in [5, 5.41) is 0. The maximum atomic E-state index is 8.88. The normalized spacial score (nSPS) is 8.43. The van der Waals surface area contributed by atoms with Crippen molar-refractivity contribution in [2.75, 3.05) is 0 Å². The molecule has 0 fully saturated rings. The maximum absolute atomic E-state index is 8.88. The topological polar surface area (TPSA) is 77.8 Å². The molecule has 7 heavy (non-hydrogen) atoms. The van der Waals surface area contributed by atoms with E-state index in [9.17, 15) is 0 Å². The van der Waals surface area contributed by atoms with E-state index in [1.54, 1.807) is 0 Å². The van der Waals surface area contributed by atoms with Crippen LogP contribution in [-0.2, 0) is 4.57 Å². The van der Waals surface area contributed by atoms with Crippen LogP contribution in [0.3, 0.4) is 0 Å². The molecule has 0 saturated carbocycles. The molecule has 0 atom stereocenters. The van der Waals surface area contributed by atoms with Gasteiger partial charge in [-0.3, -0.25) is 0 Å². The van der Waals surface area contributed by atoms with Crippen molar-refractivity contribution in [3.63, 3.8) is 0 Å². The van der Waals surface area contributed by atoms with Crippen molar-refractivity contribution in [3.05, 3.63) is 0 Å². The van der Waals surface area contributed by atoms with E-state index in [1.165, 1.54) is 0 Å². The minimum Gasteiger partial charge on any atom is -1.00 e. The molecule has 0 bridgehead atoms. The quantitative estimate of drug-likeness (QED) is 0.315. The van der Waals surface area contributed by atoms with Crippen LogP contribution in [0.4, 0.5) is 0 Å². The van der Waals surface area contributed by atoms with Gasteiger partial charge in [0.15, 0.2) is 0 Å². The zero-order valence-corrected chi connectivity index (χ0v) is 8.44. The molecule has 0 aromatic rings. The van der Waals surface area contributed by atoms with Gasteiger partial charge in [-0.1, -0.05) is 0 Å². The molecule has 44 valence electrons.